The first-order valence-electron chi connectivity index (χ1n) is 7.85. The first-order valence-corrected chi connectivity index (χ1v) is 10.1. The highest BCUT2D eigenvalue weighted by Crippen LogP contribution is 2.17. The highest BCUT2D eigenvalue weighted by atomic mass is 79.9. The van der Waals surface area contributed by atoms with Gasteiger partial charge in [-0.1, -0.05) is 66.0 Å². The van der Waals surface area contributed by atoms with E-state index in [2.05, 4.69) is 27.6 Å². The third-order valence-electron chi connectivity index (χ3n) is 3.71. The monoisotopic (exact) mass is 395 g/mol. The zero-order valence-electron chi connectivity index (χ0n) is 13.3. The number of unbranched alkanes of at least 4 members (excludes halogenated alkanes) is 2. The highest BCUT2D eigenvalue weighted by Gasteiger charge is 2.14. The number of sulfonamides is 1. The van der Waals surface area contributed by atoms with Gasteiger partial charge in [-0.3, -0.25) is 0 Å². The van der Waals surface area contributed by atoms with Crippen LogP contribution in [0.5, 0.6) is 0 Å². The SMILES string of the molecule is CCCCCc1ccc(S(=O)(=O)NCc2ccccc2Br)cc1. The Bertz CT molecular complexity index is 727. The summed E-state index contributed by atoms with van der Waals surface area (Å²) in [5.41, 5.74) is 2.09. The standard InChI is InChI=1S/C18H22BrNO2S/c1-2-3-4-7-15-10-12-17(13-11-15)23(21,22)20-14-16-8-5-6-9-18(16)19/h5-6,8-13,20H,2-4,7,14H2,1H3. The van der Waals surface area contributed by atoms with E-state index in [-0.39, 0.29) is 6.54 Å². The van der Waals surface area contributed by atoms with E-state index in [0.717, 1.165) is 22.9 Å². The Morgan fingerprint density at radius 1 is 1.00 bits per heavy atom. The molecular weight excluding hydrogens is 374 g/mol. The normalized spacial score (nSPS) is 11.6. The fourth-order valence-electron chi connectivity index (χ4n) is 2.31. The summed E-state index contributed by atoms with van der Waals surface area (Å²) in [6, 6.07) is 14.8. The van der Waals surface area contributed by atoms with Gasteiger partial charge in [0.1, 0.15) is 0 Å². The van der Waals surface area contributed by atoms with Gasteiger partial charge < -0.3 is 0 Å². The van der Waals surface area contributed by atoms with Crippen LogP contribution in [-0.2, 0) is 23.0 Å². The minimum absolute atomic E-state index is 0.266. The summed E-state index contributed by atoms with van der Waals surface area (Å²) in [5.74, 6) is 0. The molecule has 2 aromatic rings. The topological polar surface area (TPSA) is 46.2 Å². The molecule has 1 N–H and O–H groups in total. The number of halogens is 1. The average molecular weight is 396 g/mol. The van der Waals surface area contributed by atoms with E-state index in [1.807, 2.05) is 36.4 Å². The summed E-state index contributed by atoms with van der Waals surface area (Å²) >= 11 is 3.42. The van der Waals surface area contributed by atoms with Crippen LogP contribution in [-0.4, -0.2) is 8.42 Å². The van der Waals surface area contributed by atoms with Gasteiger partial charge in [-0.15, -0.1) is 0 Å². The van der Waals surface area contributed by atoms with Crippen LogP contribution in [0, 0.1) is 0 Å². The summed E-state index contributed by atoms with van der Waals surface area (Å²) in [5, 5.41) is 0. The fourth-order valence-corrected chi connectivity index (χ4v) is 3.74. The number of rotatable bonds is 8. The number of benzene rings is 2. The third-order valence-corrected chi connectivity index (χ3v) is 5.90. The zero-order chi connectivity index (χ0) is 16.7. The largest absolute Gasteiger partial charge is 0.240 e. The first-order chi connectivity index (χ1) is 11.0. The molecule has 0 bridgehead atoms. The lowest BCUT2D eigenvalue weighted by molar-refractivity contribution is 0.581. The second kappa shape index (κ2) is 8.62. The van der Waals surface area contributed by atoms with E-state index in [0.29, 0.717) is 4.90 Å². The van der Waals surface area contributed by atoms with Crippen LogP contribution in [0.4, 0.5) is 0 Å². The van der Waals surface area contributed by atoms with Gasteiger partial charge in [0.15, 0.2) is 0 Å². The van der Waals surface area contributed by atoms with Crippen molar-refractivity contribution in [3.8, 4) is 0 Å². The molecule has 0 amide bonds. The van der Waals surface area contributed by atoms with Crippen LogP contribution >= 0.6 is 15.9 Å². The molecule has 0 heterocycles. The van der Waals surface area contributed by atoms with E-state index in [1.54, 1.807) is 12.1 Å². The van der Waals surface area contributed by atoms with Crippen LogP contribution in [0.3, 0.4) is 0 Å². The van der Waals surface area contributed by atoms with E-state index < -0.39 is 10.0 Å². The fraction of sp³-hybridized carbons (Fsp3) is 0.333. The van der Waals surface area contributed by atoms with Gasteiger partial charge in [0.05, 0.1) is 4.90 Å². The summed E-state index contributed by atoms with van der Waals surface area (Å²) in [7, 11) is -3.49. The van der Waals surface area contributed by atoms with Crippen LogP contribution in [0.25, 0.3) is 0 Å². The lowest BCUT2D eigenvalue weighted by Gasteiger charge is -2.09. The van der Waals surface area contributed by atoms with Crippen molar-refractivity contribution in [1.29, 1.82) is 0 Å². The Balaban J connectivity index is 2.00. The van der Waals surface area contributed by atoms with Gasteiger partial charge in [-0.05, 0) is 42.2 Å². The minimum atomic E-state index is -3.49. The van der Waals surface area contributed by atoms with Crippen molar-refractivity contribution in [3.63, 3.8) is 0 Å². The second-order valence-electron chi connectivity index (χ2n) is 5.52. The van der Waals surface area contributed by atoms with Crippen molar-refractivity contribution in [2.45, 2.75) is 44.0 Å². The smallest absolute Gasteiger partial charge is 0.207 e. The number of aryl methyl sites for hydroxylation is 1. The summed E-state index contributed by atoms with van der Waals surface area (Å²) in [6.45, 7) is 2.44. The van der Waals surface area contributed by atoms with Crippen molar-refractivity contribution in [3.05, 3.63) is 64.1 Å². The number of nitrogens with one attached hydrogen (secondary N) is 1. The Morgan fingerprint density at radius 3 is 2.35 bits per heavy atom. The summed E-state index contributed by atoms with van der Waals surface area (Å²) in [6.07, 6.45) is 4.53. The molecule has 2 rings (SSSR count). The first kappa shape index (κ1) is 18.2. The Kier molecular flexibility index (Phi) is 6.81. The summed E-state index contributed by atoms with van der Waals surface area (Å²) in [4.78, 5) is 0.309. The maximum absolute atomic E-state index is 12.4. The molecule has 3 nitrogen and oxygen atoms in total. The molecule has 0 saturated heterocycles. The third kappa shape index (κ3) is 5.44. The van der Waals surface area contributed by atoms with Gasteiger partial charge in [0, 0.05) is 11.0 Å². The van der Waals surface area contributed by atoms with Crippen molar-refractivity contribution >= 4 is 26.0 Å². The maximum atomic E-state index is 12.4. The highest BCUT2D eigenvalue weighted by molar-refractivity contribution is 9.10. The quantitative estimate of drug-likeness (QED) is 0.660. The predicted molar refractivity (Wildman–Crippen MR) is 97.8 cm³/mol. The van der Waals surface area contributed by atoms with Gasteiger partial charge in [0.25, 0.3) is 0 Å². The van der Waals surface area contributed by atoms with Crippen molar-refractivity contribution < 1.29 is 8.42 Å². The molecule has 0 aromatic heterocycles. The molecule has 0 spiro atoms. The number of hydrogen-bond donors (Lipinski definition) is 1. The van der Waals surface area contributed by atoms with Gasteiger partial charge in [-0.25, -0.2) is 13.1 Å². The lowest BCUT2D eigenvalue weighted by Crippen LogP contribution is -2.23. The summed E-state index contributed by atoms with van der Waals surface area (Å²) < 4.78 is 28.3. The Hall–Kier alpha value is -1.17. The van der Waals surface area contributed by atoms with E-state index >= 15 is 0 Å². The van der Waals surface area contributed by atoms with E-state index in [4.69, 9.17) is 0 Å². The van der Waals surface area contributed by atoms with Crippen LogP contribution < -0.4 is 4.72 Å². The molecule has 2 aromatic carbocycles. The molecular formula is C18H22BrNO2S. The molecule has 0 aliphatic rings. The van der Waals surface area contributed by atoms with Gasteiger partial charge in [-0.2, -0.15) is 0 Å². The minimum Gasteiger partial charge on any atom is -0.207 e. The van der Waals surface area contributed by atoms with E-state index in [1.165, 1.54) is 18.4 Å². The zero-order valence-corrected chi connectivity index (χ0v) is 15.7. The van der Waals surface area contributed by atoms with Crippen LogP contribution in [0.2, 0.25) is 0 Å². The lowest BCUT2D eigenvalue weighted by atomic mass is 10.1. The molecule has 0 fully saturated rings. The van der Waals surface area contributed by atoms with Crippen molar-refractivity contribution in [2.24, 2.45) is 0 Å². The van der Waals surface area contributed by atoms with Gasteiger partial charge >= 0.3 is 0 Å². The Morgan fingerprint density at radius 2 is 1.70 bits per heavy atom. The van der Waals surface area contributed by atoms with Crippen LogP contribution in [0.1, 0.15) is 37.3 Å². The molecule has 0 aliphatic carbocycles. The second-order valence-corrected chi connectivity index (χ2v) is 8.14. The predicted octanol–water partition coefficient (Wildman–Crippen LogP) is 4.66. The average Bonchev–Trinajstić information content (AvgIpc) is 2.55. The molecule has 124 valence electrons. The van der Waals surface area contributed by atoms with Gasteiger partial charge in [0.2, 0.25) is 10.0 Å². The molecule has 5 heteroatoms. The number of hydrogen-bond acceptors (Lipinski definition) is 2. The Labute approximate surface area is 147 Å². The molecule has 0 saturated carbocycles. The molecule has 0 aliphatic heterocycles. The maximum Gasteiger partial charge on any atom is 0.240 e. The molecule has 0 radical (unpaired) electrons. The molecule has 0 atom stereocenters. The molecule has 0 unspecified atom stereocenters. The van der Waals surface area contributed by atoms with Crippen LogP contribution in [0.15, 0.2) is 57.9 Å². The van der Waals surface area contributed by atoms with Crippen molar-refractivity contribution in [2.75, 3.05) is 0 Å². The van der Waals surface area contributed by atoms with Crippen molar-refractivity contribution in [1.82, 2.24) is 4.72 Å². The van der Waals surface area contributed by atoms with E-state index in [9.17, 15) is 8.42 Å². The molecule has 23 heavy (non-hydrogen) atoms.